The van der Waals surface area contributed by atoms with Crippen molar-refractivity contribution in [1.29, 1.82) is 0 Å². The average Bonchev–Trinajstić information content (AvgIpc) is 3.13. The summed E-state index contributed by atoms with van der Waals surface area (Å²) in [5.41, 5.74) is 0. The summed E-state index contributed by atoms with van der Waals surface area (Å²) < 4.78 is 0. The molecule has 24 heavy (non-hydrogen) atoms. The molecule has 1 amide bonds. The fraction of sp³-hybridized carbons (Fsp3) is 0.773. The Labute approximate surface area is 150 Å². The first-order chi connectivity index (χ1) is 11.8. The molecule has 0 aromatic carbocycles. The molecular weight excluding hydrogens is 294 g/mol. The van der Waals surface area contributed by atoms with Crippen molar-refractivity contribution < 1.29 is 4.79 Å². The Morgan fingerprint density at radius 1 is 0.958 bits per heavy atom. The Morgan fingerprint density at radius 3 is 2.46 bits per heavy atom. The van der Waals surface area contributed by atoms with E-state index >= 15 is 0 Å². The minimum atomic E-state index is 0.375. The van der Waals surface area contributed by atoms with Gasteiger partial charge in [0.25, 0.3) is 0 Å². The highest BCUT2D eigenvalue weighted by atomic mass is 16.2. The van der Waals surface area contributed by atoms with E-state index in [1.807, 2.05) is 11.0 Å². The molecule has 136 valence electrons. The molecule has 0 N–H and O–H groups in total. The molecule has 1 heterocycles. The second-order valence-corrected chi connectivity index (χ2v) is 6.93. The minimum absolute atomic E-state index is 0.375. The summed E-state index contributed by atoms with van der Waals surface area (Å²) in [6.07, 6.45) is 20.8. The maximum absolute atomic E-state index is 11.9. The number of nitrogens with zero attached hydrogens (tertiary/aromatic N) is 1. The van der Waals surface area contributed by atoms with E-state index in [2.05, 4.69) is 24.8 Å². The number of carbonyl (C=O) groups is 1. The Hall–Kier alpha value is -1.23. The summed E-state index contributed by atoms with van der Waals surface area (Å²) in [7, 11) is 0. The van der Waals surface area contributed by atoms with Gasteiger partial charge in [-0.15, -0.1) is 0 Å². The molecule has 1 fully saturated rings. The Bertz CT molecular complexity index is 396. The van der Waals surface area contributed by atoms with E-state index in [-0.39, 0.29) is 0 Å². The summed E-state index contributed by atoms with van der Waals surface area (Å²) in [5.74, 6) is 6.75. The highest BCUT2D eigenvalue weighted by Crippen LogP contribution is 2.12. The zero-order valence-electron chi connectivity index (χ0n) is 15.8. The van der Waals surface area contributed by atoms with Gasteiger partial charge in [0.15, 0.2) is 0 Å². The van der Waals surface area contributed by atoms with Crippen LogP contribution in [0.25, 0.3) is 0 Å². The number of unbranched alkanes of at least 4 members (excludes halogenated alkanes) is 9. The molecule has 0 atom stereocenters. The van der Waals surface area contributed by atoms with E-state index in [1.165, 1.54) is 70.6 Å². The predicted molar refractivity (Wildman–Crippen MR) is 104 cm³/mol. The number of carbonyl (C=O) groups excluding carboxylic acids is 1. The molecule has 0 bridgehead atoms. The zero-order valence-corrected chi connectivity index (χ0v) is 15.8. The van der Waals surface area contributed by atoms with Gasteiger partial charge < -0.3 is 4.90 Å². The van der Waals surface area contributed by atoms with Gasteiger partial charge >= 0.3 is 0 Å². The molecule has 2 heteroatoms. The zero-order chi connectivity index (χ0) is 17.3. The molecule has 1 aliphatic heterocycles. The summed E-state index contributed by atoms with van der Waals surface area (Å²) in [4.78, 5) is 13.9. The standard InChI is InChI=1S/C22H37NO/c1-2-3-4-5-6-7-8-9-10-11-12-13-14-15-16-19-22(24)23-20-17-18-21-23/h7-8H,2-6,11-21H2,1H3/b8-7+. The van der Waals surface area contributed by atoms with Crippen LogP contribution in [-0.4, -0.2) is 23.9 Å². The molecule has 0 aromatic heterocycles. The van der Waals surface area contributed by atoms with E-state index in [9.17, 15) is 4.79 Å². The third kappa shape index (κ3) is 11.3. The molecule has 0 spiro atoms. The van der Waals surface area contributed by atoms with Crippen molar-refractivity contribution in [3.63, 3.8) is 0 Å². The number of hydrogen-bond acceptors (Lipinski definition) is 1. The van der Waals surface area contributed by atoms with Crippen molar-refractivity contribution >= 4 is 5.91 Å². The van der Waals surface area contributed by atoms with E-state index < -0.39 is 0 Å². The van der Waals surface area contributed by atoms with Crippen LogP contribution in [0.1, 0.15) is 96.8 Å². The monoisotopic (exact) mass is 331 g/mol. The van der Waals surface area contributed by atoms with Gasteiger partial charge in [-0.3, -0.25) is 4.79 Å². The van der Waals surface area contributed by atoms with Gasteiger partial charge in [-0.2, -0.15) is 0 Å². The van der Waals surface area contributed by atoms with Crippen LogP contribution in [0.3, 0.4) is 0 Å². The lowest BCUT2D eigenvalue weighted by Crippen LogP contribution is -2.27. The van der Waals surface area contributed by atoms with Crippen molar-refractivity contribution in [1.82, 2.24) is 4.90 Å². The summed E-state index contributed by atoms with van der Waals surface area (Å²) >= 11 is 0. The average molecular weight is 332 g/mol. The number of allylic oxidation sites excluding steroid dienone is 2. The molecule has 1 aliphatic rings. The van der Waals surface area contributed by atoms with Gasteiger partial charge in [0.2, 0.25) is 5.91 Å². The lowest BCUT2D eigenvalue weighted by Gasteiger charge is -2.14. The quantitative estimate of drug-likeness (QED) is 0.323. The molecule has 2 nitrogen and oxygen atoms in total. The van der Waals surface area contributed by atoms with Gasteiger partial charge in [-0.25, -0.2) is 0 Å². The Balaban J connectivity index is 1.84. The maximum Gasteiger partial charge on any atom is 0.222 e. The van der Waals surface area contributed by atoms with Crippen LogP contribution >= 0.6 is 0 Å². The highest BCUT2D eigenvalue weighted by Gasteiger charge is 2.16. The molecule has 0 radical (unpaired) electrons. The predicted octanol–water partition coefficient (Wildman–Crippen LogP) is 5.87. The minimum Gasteiger partial charge on any atom is -0.343 e. The van der Waals surface area contributed by atoms with Crippen molar-refractivity contribution in [2.45, 2.75) is 96.8 Å². The Morgan fingerprint density at radius 2 is 1.67 bits per heavy atom. The number of hydrogen-bond donors (Lipinski definition) is 0. The fourth-order valence-corrected chi connectivity index (χ4v) is 3.11. The normalized spacial score (nSPS) is 14.1. The van der Waals surface area contributed by atoms with E-state index in [0.717, 1.165) is 32.4 Å². The summed E-state index contributed by atoms with van der Waals surface area (Å²) in [5, 5.41) is 0. The fourth-order valence-electron chi connectivity index (χ4n) is 3.11. The summed E-state index contributed by atoms with van der Waals surface area (Å²) in [6.45, 7) is 4.23. The maximum atomic E-state index is 11.9. The van der Waals surface area contributed by atoms with Gasteiger partial charge in [-0.05, 0) is 44.6 Å². The van der Waals surface area contributed by atoms with Crippen molar-refractivity contribution in [3.8, 4) is 11.8 Å². The van der Waals surface area contributed by atoms with Crippen LogP contribution in [-0.2, 0) is 4.79 Å². The first kappa shape index (κ1) is 20.8. The van der Waals surface area contributed by atoms with Crippen molar-refractivity contribution in [2.24, 2.45) is 0 Å². The third-order valence-corrected chi connectivity index (χ3v) is 4.68. The topological polar surface area (TPSA) is 20.3 Å². The van der Waals surface area contributed by atoms with Gasteiger partial charge in [0, 0.05) is 25.9 Å². The molecule has 1 rings (SSSR count). The van der Waals surface area contributed by atoms with E-state index in [1.54, 1.807) is 0 Å². The molecular formula is C22H37NO. The van der Waals surface area contributed by atoms with Gasteiger partial charge in [-0.1, -0.05) is 63.4 Å². The van der Waals surface area contributed by atoms with Gasteiger partial charge in [0.05, 0.1) is 0 Å². The number of amides is 1. The summed E-state index contributed by atoms with van der Waals surface area (Å²) in [6, 6.07) is 0. The van der Waals surface area contributed by atoms with Gasteiger partial charge in [0.1, 0.15) is 0 Å². The second kappa shape index (κ2) is 15.3. The second-order valence-electron chi connectivity index (χ2n) is 6.93. The van der Waals surface area contributed by atoms with E-state index in [0.29, 0.717) is 5.91 Å². The molecule has 0 aromatic rings. The molecule has 0 saturated carbocycles. The highest BCUT2D eigenvalue weighted by molar-refractivity contribution is 5.76. The van der Waals surface area contributed by atoms with Crippen LogP contribution in [0.4, 0.5) is 0 Å². The van der Waals surface area contributed by atoms with Crippen LogP contribution in [0.15, 0.2) is 12.2 Å². The smallest absolute Gasteiger partial charge is 0.222 e. The Kier molecular flexibility index (Phi) is 13.3. The third-order valence-electron chi connectivity index (χ3n) is 4.68. The number of likely N-dealkylation sites (tertiary alicyclic amines) is 1. The molecule has 1 saturated heterocycles. The van der Waals surface area contributed by atoms with Crippen LogP contribution in [0.2, 0.25) is 0 Å². The number of rotatable bonds is 12. The first-order valence-corrected chi connectivity index (χ1v) is 10.3. The van der Waals surface area contributed by atoms with E-state index in [4.69, 9.17) is 0 Å². The molecule has 0 aliphatic carbocycles. The van der Waals surface area contributed by atoms with Crippen molar-refractivity contribution in [2.75, 3.05) is 13.1 Å². The van der Waals surface area contributed by atoms with Crippen LogP contribution in [0, 0.1) is 11.8 Å². The van der Waals surface area contributed by atoms with Crippen LogP contribution in [0.5, 0.6) is 0 Å². The first-order valence-electron chi connectivity index (χ1n) is 10.3. The van der Waals surface area contributed by atoms with Crippen LogP contribution < -0.4 is 0 Å². The lowest BCUT2D eigenvalue weighted by atomic mass is 10.1. The largest absolute Gasteiger partial charge is 0.343 e. The SMILES string of the molecule is CCCCCC/C=C/C#CCCCCCCCC(=O)N1CCCC1. The lowest BCUT2D eigenvalue weighted by molar-refractivity contribution is -0.130. The molecule has 0 unspecified atom stereocenters. The van der Waals surface area contributed by atoms with Crippen molar-refractivity contribution in [3.05, 3.63) is 12.2 Å².